The molecule has 0 radical (unpaired) electrons. The Balaban J connectivity index is 1.41. The maximum atomic E-state index is 12.7. The molecule has 0 aliphatic heterocycles. The van der Waals surface area contributed by atoms with Crippen molar-refractivity contribution < 1.29 is 4.79 Å². The maximum Gasteiger partial charge on any atom is 0.224 e. The van der Waals surface area contributed by atoms with E-state index in [1.54, 1.807) is 12.5 Å². The number of carbonyl (C=O) groups is 1. The van der Waals surface area contributed by atoms with Crippen molar-refractivity contribution in [2.75, 3.05) is 0 Å². The van der Waals surface area contributed by atoms with Crippen LogP contribution in [-0.4, -0.2) is 25.2 Å². The van der Waals surface area contributed by atoms with Gasteiger partial charge in [0, 0.05) is 41.8 Å². The van der Waals surface area contributed by atoms with Gasteiger partial charge in [-0.05, 0) is 49.6 Å². The van der Waals surface area contributed by atoms with Crippen molar-refractivity contribution in [1.82, 2.24) is 24.6 Å². The number of aryl methyl sites for hydroxylation is 2. The number of imidazole rings is 1. The molecule has 7 heteroatoms. The summed E-state index contributed by atoms with van der Waals surface area (Å²) in [4.78, 5) is 16.8. The topological polar surface area (TPSA) is 64.7 Å². The van der Waals surface area contributed by atoms with Crippen molar-refractivity contribution in [3.8, 4) is 5.69 Å². The number of carbonyl (C=O) groups excluding carboxylic acids is 1. The predicted molar refractivity (Wildman–Crippen MR) is 126 cm³/mol. The fraction of sp³-hybridized carbons (Fsp3) is 0.240. The fourth-order valence-electron chi connectivity index (χ4n) is 3.75. The maximum absolute atomic E-state index is 12.7. The molecule has 0 fully saturated rings. The Hall–Kier alpha value is -3.38. The van der Waals surface area contributed by atoms with Gasteiger partial charge in [0.1, 0.15) is 0 Å². The minimum absolute atomic E-state index is 0.0299. The van der Waals surface area contributed by atoms with Gasteiger partial charge >= 0.3 is 0 Å². The number of aromatic nitrogens is 4. The lowest BCUT2D eigenvalue weighted by Crippen LogP contribution is -2.25. The predicted octanol–water partition coefficient (Wildman–Crippen LogP) is 4.55. The first-order chi connectivity index (χ1) is 15.4. The van der Waals surface area contributed by atoms with Gasteiger partial charge in [0.15, 0.2) is 0 Å². The van der Waals surface area contributed by atoms with E-state index in [0.29, 0.717) is 11.6 Å². The van der Waals surface area contributed by atoms with E-state index in [9.17, 15) is 4.79 Å². The summed E-state index contributed by atoms with van der Waals surface area (Å²) < 4.78 is 3.87. The van der Waals surface area contributed by atoms with Crippen molar-refractivity contribution in [1.29, 1.82) is 0 Å². The van der Waals surface area contributed by atoms with Gasteiger partial charge in [-0.25, -0.2) is 9.67 Å². The largest absolute Gasteiger partial charge is 0.352 e. The van der Waals surface area contributed by atoms with Crippen molar-refractivity contribution in [2.24, 2.45) is 0 Å². The average Bonchev–Trinajstić information content (AvgIpc) is 3.38. The minimum Gasteiger partial charge on any atom is -0.352 e. The number of nitrogens with zero attached hydrogens (tertiary/aromatic N) is 4. The Kier molecular flexibility index (Phi) is 6.42. The molecule has 2 aromatic carbocycles. The lowest BCUT2D eigenvalue weighted by molar-refractivity contribution is -0.120. The standard InChI is InChI=1S/C25H26ClN5O/c1-17-7-8-22(12-24(17)26)31-19(3)23(18(2)29-31)13-25(32)28-14-20-5-4-6-21(11-20)15-30-10-9-27-16-30/h4-12,16H,13-15H2,1-3H3,(H,28,32). The summed E-state index contributed by atoms with van der Waals surface area (Å²) in [6, 6.07) is 14.1. The van der Waals surface area contributed by atoms with Crippen LogP contribution in [0.3, 0.4) is 0 Å². The third-order valence-electron chi connectivity index (χ3n) is 5.58. The van der Waals surface area contributed by atoms with Crippen molar-refractivity contribution in [2.45, 2.75) is 40.3 Å². The van der Waals surface area contributed by atoms with E-state index in [1.165, 1.54) is 5.56 Å². The number of hydrogen-bond donors (Lipinski definition) is 1. The second-order valence-corrected chi connectivity index (χ2v) is 8.41. The lowest BCUT2D eigenvalue weighted by Gasteiger charge is -2.09. The van der Waals surface area contributed by atoms with E-state index in [-0.39, 0.29) is 12.3 Å². The third-order valence-corrected chi connectivity index (χ3v) is 5.99. The van der Waals surface area contributed by atoms with Crippen molar-refractivity contribution in [3.63, 3.8) is 0 Å². The van der Waals surface area contributed by atoms with Gasteiger partial charge in [0.25, 0.3) is 0 Å². The van der Waals surface area contributed by atoms with E-state index in [2.05, 4.69) is 27.5 Å². The number of benzene rings is 2. The molecular weight excluding hydrogens is 422 g/mol. The van der Waals surface area contributed by atoms with Crippen LogP contribution in [0.2, 0.25) is 5.02 Å². The van der Waals surface area contributed by atoms with Gasteiger partial charge in [-0.15, -0.1) is 0 Å². The molecule has 6 nitrogen and oxygen atoms in total. The molecule has 0 unspecified atom stereocenters. The first-order valence-corrected chi connectivity index (χ1v) is 10.9. The highest BCUT2D eigenvalue weighted by molar-refractivity contribution is 6.31. The van der Waals surface area contributed by atoms with E-state index in [1.807, 2.05) is 66.5 Å². The number of amides is 1. The van der Waals surface area contributed by atoms with E-state index < -0.39 is 0 Å². The van der Waals surface area contributed by atoms with Crippen LogP contribution in [0.15, 0.2) is 61.2 Å². The van der Waals surface area contributed by atoms with Crippen LogP contribution in [0.1, 0.15) is 33.6 Å². The van der Waals surface area contributed by atoms with E-state index >= 15 is 0 Å². The van der Waals surface area contributed by atoms with Crippen LogP contribution in [0.5, 0.6) is 0 Å². The monoisotopic (exact) mass is 447 g/mol. The lowest BCUT2D eigenvalue weighted by atomic mass is 10.1. The summed E-state index contributed by atoms with van der Waals surface area (Å²) >= 11 is 6.29. The zero-order valence-corrected chi connectivity index (χ0v) is 19.2. The highest BCUT2D eigenvalue weighted by atomic mass is 35.5. The average molecular weight is 448 g/mol. The Labute approximate surface area is 192 Å². The van der Waals surface area contributed by atoms with Gasteiger partial charge < -0.3 is 9.88 Å². The fourth-order valence-corrected chi connectivity index (χ4v) is 3.92. The van der Waals surface area contributed by atoms with E-state index in [0.717, 1.165) is 40.3 Å². The SMILES string of the molecule is Cc1ccc(-n2nc(C)c(CC(=O)NCc3cccc(Cn4ccnc4)c3)c2C)cc1Cl. The second-order valence-electron chi connectivity index (χ2n) is 8.00. The van der Waals surface area contributed by atoms with Gasteiger partial charge in [-0.2, -0.15) is 5.10 Å². The van der Waals surface area contributed by atoms with Crippen LogP contribution >= 0.6 is 11.6 Å². The second kappa shape index (κ2) is 9.40. The molecule has 164 valence electrons. The first-order valence-electron chi connectivity index (χ1n) is 10.5. The minimum atomic E-state index is -0.0299. The Bertz CT molecular complexity index is 1240. The van der Waals surface area contributed by atoms with Crippen LogP contribution in [0.25, 0.3) is 5.69 Å². The van der Waals surface area contributed by atoms with Gasteiger partial charge in [-0.3, -0.25) is 4.79 Å². The zero-order valence-electron chi connectivity index (χ0n) is 18.5. The molecule has 2 heterocycles. The third kappa shape index (κ3) is 4.92. The van der Waals surface area contributed by atoms with Gasteiger partial charge in [0.05, 0.1) is 24.1 Å². The van der Waals surface area contributed by atoms with Gasteiger partial charge in [0.2, 0.25) is 5.91 Å². The summed E-state index contributed by atoms with van der Waals surface area (Å²) in [5.41, 5.74) is 6.87. The normalized spacial score (nSPS) is 11.0. The molecule has 0 saturated carbocycles. The molecule has 4 rings (SSSR count). The molecule has 0 bridgehead atoms. The molecular formula is C25H26ClN5O. The Morgan fingerprint density at radius 2 is 1.91 bits per heavy atom. The molecule has 0 aliphatic rings. The molecule has 0 aliphatic carbocycles. The Morgan fingerprint density at radius 1 is 1.09 bits per heavy atom. The summed E-state index contributed by atoms with van der Waals surface area (Å²) in [5.74, 6) is -0.0299. The number of rotatable bonds is 7. The number of nitrogens with one attached hydrogen (secondary N) is 1. The Morgan fingerprint density at radius 3 is 2.66 bits per heavy atom. The number of halogens is 1. The highest BCUT2D eigenvalue weighted by Gasteiger charge is 2.16. The molecule has 0 atom stereocenters. The molecule has 4 aromatic rings. The summed E-state index contributed by atoms with van der Waals surface area (Å²) in [6.45, 7) is 7.12. The molecule has 0 saturated heterocycles. The molecule has 1 amide bonds. The smallest absolute Gasteiger partial charge is 0.224 e. The summed E-state index contributed by atoms with van der Waals surface area (Å²) in [5, 5.41) is 8.38. The van der Waals surface area contributed by atoms with E-state index in [4.69, 9.17) is 11.6 Å². The molecule has 0 spiro atoms. The van der Waals surface area contributed by atoms with Crippen molar-refractivity contribution >= 4 is 17.5 Å². The molecule has 1 N–H and O–H groups in total. The quantitative estimate of drug-likeness (QED) is 0.452. The zero-order chi connectivity index (χ0) is 22.7. The first kappa shape index (κ1) is 21.8. The van der Waals surface area contributed by atoms with Crippen LogP contribution in [0.4, 0.5) is 0 Å². The van der Waals surface area contributed by atoms with Crippen LogP contribution in [0, 0.1) is 20.8 Å². The van der Waals surface area contributed by atoms with Crippen molar-refractivity contribution in [3.05, 3.63) is 99.8 Å². The van der Waals surface area contributed by atoms with Gasteiger partial charge in [-0.1, -0.05) is 41.9 Å². The number of hydrogen-bond acceptors (Lipinski definition) is 3. The van der Waals surface area contributed by atoms with Crippen LogP contribution in [-0.2, 0) is 24.3 Å². The van der Waals surface area contributed by atoms with Crippen LogP contribution < -0.4 is 5.32 Å². The summed E-state index contributed by atoms with van der Waals surface area (Å²) in [7, 11) is 0. The molecule has 32 heavy (non-hydrogen) atoms. The molecule has 2 aromatic heterocycles. The highest BCUT2D eigenvalue weighted by Crippen LogP contribution is 2.23. The summed E-state index contributed by atoms with van der Waals surface area (Å²) in [6.07, 6.45) is 5.78.